The number of aliphatic carboxylic acids is 1. The van der Waals surface area contributed by atoms with Crippen molar-refractivity contribution in [1.82, 2.24) is 9.97 Å². The summed E-state index contributed by atoms with van der Waals surface area (Å²) in [4.78, 5) is 19.4. The summed E-state index contributed by atoms with van der Waals surface area (Å²) in [5.74, 6) is 0.781. The molecule has 1 aromatic heterocycles. The number of rotatable bonds is 5. The van der Waals surface area contributed by atoms with E-state index in [-0.39, 0.29) is 5.92 Å². The number of ether oxygens (including phenoxy) is 2. The molecule has 1 fully saturated rings. The number of benzene rings is 1. The van der Waals surface area contributed by atoms with Gasteiger partial charge in [-0.25, -0.2) is 9.97 Å². The molecule has 3 rings (SSSR count). The maximum Gasteiger partial charge on any atom is 0.306 e. The van der Waals surface area contributed by atoms with Crippen molar-refractivity contribution >= 4 is 16.9 Å². The first-order valence-electron chi connectivity index (χ1n) is 7.81. The van der Waals surface area contributed by atoms with Crippen LogP contribution in [0.1, 0.15) is 25.7 Å². The van der Waals surface area contributed by atoms with Gasteiger partial charge in [-0.3, -0.25) is 4.79 Å². The molecule has 1 aliphatic rings. The fourth-order valence-electron chi connectivity index (χ4n) is 3.03. The van der Waals surface area contributed by atoms with Gasteiger partial charge in [-0.2, -0.15) is 0 Å². The Labute approximate surface area is 134 Å². The van der Waals surface area contributed by atoms with E-state index in [0.29, 0.717) is 18.4 Å². The van der Waals surface area contributed by atoms with E-state index in [9.17, 15) is 4.79 Å². The van der Waals surface area contributed by atoms with Crippen LogP contribution in [0.5, 0.6) is 11.6 Å². The van der Waals surface area contributed by atoms with Crippen LogP contribution in [0, 0.1) is 11.8 Å². The number of nitrogens with zero attached hydrogens (tertiary/aromatic N) is 2. The van der Waals surface area contributed by atoms with Crippen molar-refractivity contribution in [3.05, 3.63) is 24.5 Å². The minimum absolute atomic E-state index is 0.199. The van der Waals surface area contributed by atoms with E-state index in [4.69, 9.17) is 14.6 Å². The summed E-state index contributed by atoms with van der Waals surface area (Å²) in [6.45, 7) is 0.551. The molecule has 0 unspecified atom stereocenters. The molecule has 1 aliphatic carbocycles. The maximum absolute atomic E-state index is 11.0. The average Bonchev–Trinajstić information content (AvgIpc) is 2.59. The average molecular weight is 316 g/mol. The summed E-state index contributed by atoms with van der Waals surface area (Å²) in [6.07, 6.45) is 4.70. The quantitative estimate of drug-likeness (QED) is 0.913. The predicted octanol–water partition coefficient (Wildman–Crippen LogP) is 2.91. The first-order chi connectivity index (χ1) is 11.2. The highest BCUT2D eigenvalue weighted by molar-refractivity contribution is 5.84. The van der Waals surface area contributed by atoms with Gasteiger partial charge in [-0.1, -0.05) is 0 Å². The molecule has 1 saturated carbocycles. The topological polar surface area (TPSA) is 81.5 Å². The summed E-state index contributed by atoms with van der Waals surface area (Å²) in [6, 6.07) is 5.60. The van der Waals surface area contributed by atoms with Crippen molar-refractivity contribution in [2.75, 3.05) is 13.7 Å². The Balaban J connectivity index is 1.67. The van der Waals surface area contributed by atoms with Gasteiger partial charge in [0.25, 0.3) is 0 Å². The normalized spacial score (nSPS) is 21.1. The summed E-state index contributed by atoms with van der Waals surface area (Å²) in [7, 11) is 1.62. The Morgan fingerprint density at radius 2 is 2.04 bits per heavy atom. The number of aromatic nitrogens is 2. The Hall–Kier alpha value is -2.37. The van der Waals surface area contributed by atoms with Gasteiger partial charge in [0.1, 0.15) is 12.1 Å². The third-order valence-corrected chi connectivity index (χ3v) is 4.46. The van der Waals surface area contributed by atoms with Crippen LogP contribution in [0.15, 0.2) is 24.5 Å². The SMILES string of the molecule is COc1ccc2ncnc(OCC3CCC(C(=O)O)CC3)c2c1. The van der Waals surface area contributed by atoms with Gasteiger partial charge < -0.3 is 14.6 Å². The third kappa shape index (κ3) is 3.52. The minimum atomic E-state index is -0.682. The Kier molecular flexibility index (Phi) is 4.60. The highest BCUT2D eigenvalue weighted by atomic mass is 16.5. The van der Waals surface area contributed by atoms with E-state index in [2.05, 4.69) is 9.97 Å². The van der Waals surface area contributed by atoms with Crippen LogP contribution < -0.4 is 9.47 Å². The predicted molar refractivity (Wildman–Crippen MR) is 84.7 cm³/mol. The van der Waals surface area contributed by atoms with Crippen molar-refractivity contribution in [2.45, 2.75) is 25.7 Å². The Morgan fingerprint density at radius 1 is 1.26 bits per heavy atom. The zero-order chi connectivity index (χ0) is 16.2. The van der Waals surface area contributed by atoms with E-state index >= 15 is 0 Å². The Morgan fingerprint density at radius 3 is 2.74 bits per heavy atom. The molecule has 1 N–H and O–H groups in total. The molecule has 0 bridgehead atoms. The van der Waals surface area contributed by atoms with Gasteiger partial charge in [0, 0.05) is 0 Å². The van der Waals surface area contributed by atoms with Crippen LogP contribution in [0.25, 0.3) is 10.9 Å². The van der Waals surface area contributed by atoms with Crippen molar-refractivity contribution in [1.29, 1.82) is 0 Å². The van der Waals surface area contributed by atoms with Crippen molar-refractivity contribution in [3.63, 3.8) is 0 Å². The van der Waals surface area contributed by atoms with Crippen LogP contribution >= 0.6 is 0 Å². The highest BCUT2D eigenvalue weighted by Gasteiger charge is 2.26. The number of fused-ring (bicyclic) bond motifs is 1. The molecule has 0 atom stereocenters. The second-order valence-electron chi connectivity index (χ2n) is 5.93. The summed E-state index contributed by atoms with van der Waals surface area (Å²) in [5.41, 5.74) is 0.811. The second-order valence-corrected chi connectivity index (χ2v) is 5.93. The number of carboxylic acid groups (broad SMARTS) is 1. The number of carbonyl (C=O) groups is 1. The van der Waals surface area contributed by atoms with E-state index < -0.39 is 5.97 Å². The van der Waals surface area contributed by atoms with Crippen LogP contribution in [0.4, 0.5) is 0 Å². The molecule has 122 valence electrons. The number of hydrogen-bond acceptors (Lipinski definition) is 5. The lowest BCUT2D eigenvalue weighted by Crippen LogP contribution is -2.24. The van der Waals surface area contributed by atoms with Crippen LogP contribution in [0.3, 0.4) is 0 Å². The minimum Gasteiger partial charge on any atom is -0.497 e. The smallest absolute Gasteiger partial charge is 0.306 e. The van der Waals surface area contributed by atoms with Crippen LogP contribution in [-0.4, -0.2) is 34.8 Å². The largest absolute Gasteiger partial charge is 0.497 e. The third-order valence-electron chi connectivity index (χ3n) is 4.46. The number of carboxylic acids is 1. The molecule has 0 amide bonds. The fraction of sp³-hybridized carbons (Fsp3) is 0.471. The lowest BCUT2D eigenvalue weighted by atomic mass is 9.82. The van der Waals surface area contributed by atoms with Crippen LogP contribution in [-0.2, 0) is 4.79 Å². The van der Waals surface area contributed by atoms with Gasteiger partial charge in [0.2, 0.25) is 5.88 Å². The summed E-state index contributed by atoms with van der Waals surface area (Å²) in [5, 5.41) is 9.87. The summed E-state index contributed by atoms with van der Waals surface area (Å²) >= 11 is 0. The van der Waals surface area contributed by atoms with Gasteiger partial charge in [-0.15, -0.1) is 0 Å². The first kappa shape index (κ1) is 15.5. The first-order valence-corrected chi connectivity index (χ1v) is 7.81. The number of hydrogen-bond donors (Lipinski definition) is 1. The van der Waals surface area contributed by atoms with E-state index in [1.807, 2.05) is 18.2 Å². The molecule has 6 heteroatoms. The fourth-order valence-corrected chi connectivity index (χ4v) is 3.03. The zero-order valence-electron chi connectivity index (χ0n) is 13.1. The molecule has 0 aliphatic heterocycles. The van der Waals surface area contributed by atoms with E-state index in [1.165, 1.54) is 6.33 Å². The molecule has 23 heavy (non-hydrogen) atoms. The molecular weight excluding hydrogens is 296 g/mol. The summed E-state index contributed by atoms with van der Waals surface area (Å²) < 4.78 is 11.1. The highest BCUT2D eigenvalue weighted by Crippen LogP contribution is 2.31. The van der Waals surface area contributed by atoms with Crippen LogP contribution in [0.2, 0.25) is 0 Å². The van der Waals surface area contributed by atoms with Crippen molar-refractivity contribution in [2.24, 2.45) is 11.8 Å². The second kappa shape index (κ2) is 6.81. The molecule has 0 saturated heterocycles. The lowest BCUT2D eigenvalue weighted by molar-refractivity contribution is -0.143. The lowest BCUT2D eigenvalue weighted by Gasteiger charge is -2.25. The maximum atomic E-state index is 11.0. The zero-order valence-corrected chi connectivity index (χ0v) is 13.1. The molecule has 0 spiro atoms. The van der Waals surface area contributed by atoms with Crippen molar-refractivity contribution < 1.29 is 19.4 Å². The molecule has 1 aromatic carbocycles. The molecule has 6 nitrogen and oxygen atoms in total. The Bertz CT molecular complexity index is 696. The van der Waals surface area contributed by atoms with Gasteiger partial charge in [0.05, 0.1) is 30.5 Å². The van der Waals surface area contributed by atoms with Crippen molar-refractivity contribution in [3.8, 4) is 11.6 Å². The monoisotopic (exact) mass is 316 g/mol. The van der Waals surface area contributed by atoms with Gasteiger partial charge in [0.15, 0.2) is 0 Å². The molecule has 0 radical (unpaired) electrons. The van der Waals surface area contributed by atoms with Gasteiger partial charge >= 0.3 is 5.97 Å². The molecular formula is C17H20N2O4. The van der Waals surface area contributed by atoms with E-state index in [1.54, 1.807) is 7.11 Å². The van der Waals surface area contributed by atoms with E-state index in [0.717, 1.165) is 42.3 Å². The molecule has 1 heterocycles. The number of methoxy groups -OCH3 is 1. The standard InChI is InChI=1S/C17H20N2O4/c1-22-13-6-7-15-14(8-13)16(19-10-18-15)23-9-11-2-4-12(5-3-11)17(20)21/h6-8,10-12H,2-5,9H2,1H3,(H,20,21). The van der Waals surface area contributed by atoms with Gasteiger partial charge in [-0.05, 0) is 49.8 Å². The molecule has 2 aromatic rings.